The van der Waals surface area contributed by atoms with Crippen LogP contribution in [0.25, 0.3) is 0 Å². The standard InChI is InChI=1S/C9H18O5S/c10-6-8(11)7-14-3-1-4-15-5-2-9(12)13/h8,10-11H,1-7H2,(H,12,13). The molecule has 0 fully saturated rings. The Kier molecular flexibility index (Phi) is 10.0. The Labute approximate surface area is 93.4 Å². The number of hydrogen-bond donors (Lipinski definition) is 3. The van der Waals surface area contributed by atoms with E-state index in [9.17, 15) is 4.79 Å². The van der Waals surface area contributed by atoms with Gasteiger partial charge in [0, 0.05) is 12.4 Å². The van der Waals surface area contributed by atoms with Crippen molar-refractivity contribution in [2.75, 3.05) is 31.3 Å². The van der Waals surface area contributed by atoms with Crippen LogP contribution in [0.3, 0.4) is 0 Å². The summed E-state index contributed by atoms with van der Waals surface area (Å²) in [6.07, 6.45) is 0.210. The van der Waals surface area contributed by atoms with Crippen molar-refractivity contribution in [1.82, 2.24) is 0 Å². The second-order valence-corrected chi connectivity index (χ2v) is 4.25. The van der Waals surface area contributed by atoms with Gasteiger partial charge in [0.15, 0.2) is 0 Å². The molecule has 0 spiro atoms. The van der Waals surface area contributed by atoms with Crippen LogP contribution in [-0.2, 0) is 9.53 Å². The van der Waals surface area contributed by atoms with Crippen LogP contribution in [0.4, 0.5) is 0 Å². The van der Waals surface area contributed by atoms with Crippen molar-refractivity contribution in [2.45, 2.75) is 18.9 Å². The molecule has 0 aromatic carbocycles. The van der Waals surface area contributed by atoms with Crippen LogP contribution >= 0.6 is 11.8 Å². The first-order valence-corrected chi connectivity index (χ1v) is 5.98. The van der Waals surface area contributed by atoms with Gasteiger partial charge in [-0.15, -0.1) is 0 Å². The number of thioether (sulfide) groups is 1. The van der Waals surface area contributed by atoms with Crippen LogP contribution < -0.4 is 0 Å². The maximum Gasteiger partial charge on any atom is 0.304 e. The highest BCUT2D eigenvalue weighted by Gasteiger charge is 2.01. The molecule has 3 N–H and O–H groups in total. The summed E-state index contributed by atoms with van der Waals surface area (Å²) in [5, 5.41) is 25.7. The average Bonchev–Trinajstić information content (AvgIpc) is 2.21. The van der Waals surface area contributed by atoms with E-state index in [1.807, 2.05) is 0 Å². The molecule has 6 heteroatoms. The lowest BCUT2D eigenvalue weighted by Gasteiger charge is -2.07. The lowest BCUT2D eigenvalue weighted by Crippen LogP contribution is -2.19. The smallest absolute Gasteiger partial charge is 0.304 e. The minimum Gasteiger partial charge on any atom is -0.481 e. The van der Waals surface area contributed by atoms with Gasteiger partial charge < -0.3 is 20.1 Å². The van der Waals surface area contributed by atoms with Crippen molar-refractivity contribution in [3.8, 4) is 0 Å². The molecule has 0 saturated heterocycles. The Balaban J connectivity index is 3.02. The highest BCUT2D eigenvalue weighted by atomic mass is 32.2. The number of aliphatic hydroxyl groups is 2. The first-order valence-electron chi connectivity index (χ1n) is 4.83. The zero-order chi connectivity index (χ0) is 11.5. The van der Waals surface area contributed by atoms with Gasteiger partial charge in [-0.2, -0.15) is 11.8 Å². The molecule has 0 radical (unpaired) electrons. The molecule has 0 rings (SSSR count). The summed E-state index contributed by atoms with van der Waals surface area (Å²) in [6, 6.07) is 0. The van der Waals surface area contributed by atoms with E-state index in [-0.39, 0.29) is 19.6 Å². The van der Waals surface area contributed by atoms with Gasteiger partial charge in [-0.05, 0) is 12.2 Å². The largest absolute Gasteiger partial charge is 0.481 e. The van der Waals surface area contributed by atoms with Crippen molar-refractivity contribution in [3.05, 3.63) is 0 Å². The van der Waals surface area contributed by atoms with Crippen molar-refractivity contribution >= 4 is 17.7 Å². The number of hydrogen-bond acceptors (Lipinski definition) is 5. The number of rotatable bonds is 10. The molecule has 0 aliphatic heterocycles. The zero-order valence-electron chi connectivity index (χ0n) is 8.59. The fourth-order valence-electron chi connectivity index (χ4n) is 0.797. The number of aliphatic hydroxyl groups excluding tert-OH is 2. The second kappa shape index (κ2) is 10.2. The predicted molar refractivity (Wildman–Crippen MR) is 58.1 cm³/mol. The number of carbonyl (C=O) groups is 1. The van der Waals surface area contributed by atoms with Crippen molar-refractivity contribution < 1.29 is 24.9 Å². The number of ether oxygens (including phenoxy) is 1. The molecule has 0 saturated carbocycles. The van der Waals surface area contributed by atoms with E-state index in [0.717, 1.165) is 12.2 Å². The van der Waals surface area contributed by atoms with E-state index in [2.05, 4.69) is 0 Å². The topological polar surface area (TPSA) is 87.0 Å². The molecule has 0 aromatic rings. The molecular weight excluding hydrogens is 220 g/mol. The van der Waals surface area contributed by atoms with Crippen LogP contribution in [-0.4, -0.2) is 58.7 Å². The van der Waals surface area contributed by atoms with Gasteiger partial charge in [-0.3, -0.25) is 4.79 Å². The van der Waals surface area contributed by atoms with Crippen molar-refractivity contribution in [1.29, 1.82) is 0 Å². The van der Waals surface area contributed by atoms with Crippen LogP contribution in [0.2, 0.25) is 0 Å². The summed E-state index contributed by atoms with van der Waals surface area (Å²) in [7, 11) is 0. The molecule has 0 bridgehead atoms. The normalized spacial score (nSPS) is 12.7. The molecule has 5 nitrogen and oxygen atoms in total. The number of carboxylic acid groups (broad SMARTS) is 1. The molecule has 0 heterocycles. The monoisotopic (exact) mass is 238 g/mol. The van der Waals surface area contributed by atoms with E-state index < -0.39 is 12.1 Å². The van der Waals surface area contributed by atoms with Crippen LogP contribution in [0, 0.1) is 0 Å². The summed E-state index contributed by atoms with van der Waals surface area (Å²) >= 11 is 1.57. The van der Waals surface area contributed by atoms with Gasteiger partial charge in [0.25, 0.3) is 0 Å². The SMILES string of the molecule is O=C(O)CCSCCCOCC(O)CO. The molecule has 0 aliphatic rings. The molecular formula is C9H18O5S. The summed E-state index contributed by atoms with van der Waals surface area (Å²) in [6.45, 7) is 0.390. The molecule has 90 valence electrons. The average molecular weight is 238 g/mol. The minimum absolute atomic E-state index is 0.149. The second-order valence-electron chi connectivity index (χ2n) is 3.02. The highest BCUT2D eigenvalue weighted by molar-refractivity contribution is 7.99. The predicted octanol–water partition coefficient (Wildman–Crippen LogP) is -0.0458. The number of carboxylic acids is 1. The zero-order valence-corrected chi connectivity index (χ0v) is 9.41. The van der Waals surface area contributed by atoms with E-state index in [0.29, 0.717) is 12.4 Å². The van der Waals surface area contributed by atoms with Crippen molar-refractivity contribution in [2.24, 2.45) is 0 Å². The maximum absolute atomic E-state index is 10.2. The molecule has 1 unspecified atom stereocenters. The van der Waals surface area contributed by atoms with Crippen LogP contribution in [0.15, 0.2) is 0 Å². The molecule has 0 aromatic heterocycles. The summed E-state index contributed by atoms with van der Waals surface area (Å²) < 4.78 is 5.07. The minimum atomic E-state index is -0.801. The Morgan fingerprint density at radius 3 is 2.73 bits per heavy atom. The number of aliphatic carboxylic acids is 1. The Morgan fingerprint density at radius 1 is 1.40 bits per heavy atom. The molecule has 1 atom stereocenters. The summed E-state index contributed by atoms with van der Waals surface area (Å²) in [4.78, 5) is 10.2. The van der Waals surface area contributed by atoms with Gasteiger partial charge in [-0.1, -0.05) is 0 Å². The molecule has 15 heavy (non-hydrogen) atoms. The summed E-state index contributed by atoms with van der Waals surface area (Å²) in [5.74, 6) is 0.696. The van der Waals surface area contributed by atoms with Gasteiger partial charge in [0.1, 0.15) is 6.10 Å². The van der Waals surface area contributed by atoms with E-state index in [1.54, 1.807) is 11.8 Å². The Hall–Kier alpha value is -0.300. The molecule has 0 amide bonds. The van der Waals surface area contributed by atoms with Gasteiger partial charge in [-0.25, -0.2) is 0 Å². The van der Waals surface area contributed by atoms with Gasteiger partial charge in [0.2, 0.25) is 0 Å². The first kappa shape index (κ1) is 14.7. The van der Waals surface area contributed by atoms with Gasteiger partial charge in [0.05, 0.1) is 19.6 Å². The quantitative estimate of drug-likeness (QED) is 0.463. The van der Waals surface area contributed by atoms with E-state index >= 15 is 0 Å². The lowest BCUT2D eigenvalue weighted by molar-refractivity contribution is -0.136. The van der Waals surface area contributed by atoms with E-state index in [4.69, 9.17) is 20.1 Å². The summed E-state index contributed by atoms with van der Waals surface area (Å²) in [5.41, 5.74) is 0. The van der Waals surface area contributed by atoms with Crippen LogP contribution in [0.1, 0.15) is 12.8 Å². The Morgan fingerprint density at radius 2 is 2.13 bits per heavy atom. The van der Waals surface area contributed by atoms with Crippen LogP contribution in [0.5, 0.6) is 0 Å². The third-order valence-electron chi connectivity index (χ3n) is 1.56. The van der Waals surface area contributed by atoms with Crippen molar-refractivity contribution in [3.63, 3.8) is 0 Å². The Bertz CT molecular complexity index is 165. The van der Waals surface area contributed by atoms with Gasteiger partial charge >= 0.3 is 5.97 Å². The first-order chi connectivity index (χ1) is 7.16. The third-order valence-corrected chi connectivity index (χ3v) is 2.63. The van der Waals surface area contributed by atoms with E-state index in [1.165, 1.54) is 0 Å². The lowest BCUT2D eigenvalue weighted by atomic mass is 10.4. The highest BCUT2D eigenvalue weighted by Crippen LogP contribution is 2.04. The maximum atomic E-state index is 10.2. The molecule has 0 aliphatic carbocycles. The fraction of sp³-hybridized carbons (Fsp3) is 0.889. The fourth-order valence-corrected chi connectivity index (χ4v) is 1.64. The third kappa shape index (κ3) is 11.6.